The number of hydrogen-bond donors (Lipinski definition) is 0. The molecule has 2 bridgehead atoms. The minimum atomic E-state index is -0.270. The molecule has 0 aliphatic carbocycles. The zero-order valence-electron chi connectivity index (χ0n) is 16.8. The molecule has 5 heteroatoms. The van der Waals surface area contributed by atoms with Gasteiger partial charge in [0.05, 0.1) is 6.04 Å². The third-order valence-corrected chi connectivity index (χ3v) is 7.06. The van der Waals surface area contributed by atoms with Crippen molar-refractivity contribution in [3.63, 3.8) is 0 Å². The molecule has 0 saturated carbocycles. The summed E-state index contributed by atoms with van der Waals surface area (Å²) in [6, 6.07) is 15.4. The Balaban J connectivity index is 1.43. The highest BCUT2D eigenvalue weighted by Gasteiger charge is 2.43. The number of rotatable bonds is 2. The number of benzene rings is 2. The van der Waals surface area contributed by atoms with Crippen LogP contribution in [0.25, 0.3) is 0 Å². The first kappa shape index (κ1) is 18.6. The smallest absolute Gasteiger partial charge is 0.410 e. The van der Waals surface area contributed by atoms with Crippen molar-refractivity contribution in [2.45, 2.75) is 56.3 Å². The van der Waals surface area contributed by atoms with Gasteiger partial charge in [-0.1, -0.05) is 36.4 Å². The van der Waals surface area contributed by atoms with Gasteiger partial charge in [0.2, 0.25) is 0 Å². The Morgan fingerprint density at radius 3 is 2.62 bits per heavy atom. The van der Waals surface area contributed by atoms with E-state index >= 15 is 0 Å². The van der Waals surface area contributed by atoms with Crippen LogP contribution in [-0.4, -0.2) is 47.7 Å². The number of fused-ring (bicyclic) bond motifs is 3. The van der Waals surface area contributed by atoms with Crippen molar-refractivity contribution in [2.24, 2.45) is 0 Å². The molecule has 3 aliphatic heterocycles. The van der Waals surface area contributed by atoms with Crippen LogP contribution in [0.3, 0.4) is 0 Å². The number of ether oxygens (including phenoxy) is 1. The summed E-state index contributed by atoms with van der Waals surface area (Å²) >= 11 is 0. The molecular formula is C24H27FN2O2. The molecule has 3 aliphatic rings. The summed E-state index contributed by atoms with van der Waals surface area (Å²) in [5, 5.41) is 0. The Bertz CT molecular complexity index is 900. The largest absolute Gasteiger partial charge is 0.444 e. The van der Waals surface area contributed by atoms with Gasteiger partial charge in [0.15, 0.2) is 0 Å². The zero-order valence-corrected chi connectivity index (χ0v) is 16.8. The number of amides is 1. The number of halogens is 1. The summed E-state index contributed by atoms with van der Waals surface area (Å²) in [7, 11) is 2.15. The van der Waals surface area contributed by atoms with Gasteiger partial charge in [-0.3, -0.25) is 9.80 Å². The summed E-state index contributed by atoms with van der Waals surface area (Å²) in [5.41, 5.74) is 3.25. The molecule has 0 radical (unpaired) electrons. The van der Waals surface area contributed by atoms with Gasteiger partial charge in [0.25, 0.3) is 0 Å². The lowest BCUT2D eigenvalue weighted by Gasteiger charge is -2.40. The van der Waals surface area contributed by atoms with Crippen molar-refractivity contribution >= 4 is 6.09 Å². The average molecular weight is 394 g/mol. The second-order valence-electron chi connectivity index (χ2n) is 8.56. The van der Waals surface area contributed by atoms with Gasteiger partial charge < -0.3 is 4.74 Å². The molecule has 0 N–H and O–H groups in total. The van der Waals surface area contributed by atoms with Gasteiger partial charge in [-0.05, 0) is 68.0 Å². The molecule has 1 amide bonds. The Kier molecular flexibility index (Phi) is 4.78. The van der Waals surface area contributed by atoms with E-state index in [0.717, 1.165) is 36.8 Å². The van der Waals surface area contributed by atoms with Crippen molar-refractivity contribution < 1.29 is 13.9 Å². The highest BCUT2D eigenvalue weighted by Crippen LogP contribution is 2.38. The molecule has 29 heavy (non-hydrogen) atoms. The quantitative estimate of drug-likeness (QED) is 0.750. The van der Waals surface area contributed by atoms with Gasteiger partial charge in [0.1, 0.15) is 11.9 Å². The fourth-order valence-corrected chi connectivity index (χ4v) is 5.49. The fourth-order valence-electron chi connectivity index (χ4n) is 5.49. The predicted octanol–water partition coefficient (Wildman–Crippen LogP) is 4.54. The molecular weight excluding hydrogens is 367 g/mol. The van der Waals surface area contributed by atoms with Crippen LogP contribution in [0.15, 0.2) is 48.5 Å². The maximum Gasteiger partial charge on any atom is 0.410 e. The Morgan fingerprint density at radius 2 is 1.79 bits per heavy atom. The van der Waals surface area contributed by atoms with Gasteiger partial charge in [0, 0.05) is 18.6 Å². The van der Waals surface area contributed by atoms with E-state index in [2.05, 4.69) is 24.1 Å². The molecule has 0 aromatic heterocycles. The van der Waals surface area contributed by atoms with E-state index in [4.69, 9.17) is 4.74 Å². The average Bonchev–Trinajstić information content (AvgIpc) is 2.97. The van der Waals surface area contributed by atoms with E-state index in [1.54, 1.807) is 12.1 Å². The van der Waals surface area contributed by atoms with E-state index < -0.39 is 0 Å². The van der Waals surface area contributed by atoms with Crippen molar-refractivity contribution in [3.8, 4) is 0 Å². The lowest BCUT2D eigenvalue weighted by molar-refractivity contribution is -0.00935. The zero-order chi connectivity index (χ0) is 20.0. The monoisotopic (exact) mass is 394 g/mol. The fraction of sp³-hybridized carbons (Fsp3) is 0.458. The molecule has 2 aromatic rings. The number of hydrogen-bond acceptors (Lipinski definition) is 3. The van der Waals surface area contributed by atoms with E-state index in [0.29, 0.717) is 18.6 Å². The lowest BCUT2D eigenvalue weighted by Crippen LogP contribution is -2.49. The number of nitrogens with zero attached hydrogens (tertiary/aromatic N) is 2. The molecule has 2 saturated heterocycles. The summed E-state index contributed by atoms with van der Waals surface area (Å²) in [6.07, 6.45) is 4.84. The Morgan fingerprint density at radius 1 is 1.03 bits per heavy atom. The number of carbonyl (C=O) groups excluding carboxylic acids is 1. The van der Waals surface area contributed by atoms with E-state index in [-0.39, 0.29) is 24.1 Å². The Labute approximate surface area is 171 Å². The molecule has 3 heterocycles. The summed E-state index contributed by atoms with van der Waals surface area (Å²) in [5.74, 6) is -0.270. The topological polar surface area (TPSA) is 32.8 Å². The van der Waals surface area contributed by atoms with Gasteiger partial charge in [-0.2, -0.15) is 0 Å². The second kappa shape index (κ2) is 7.45. The molecule has 4 nitrogen and oxygen atoms in total. The van der Waals surface area contributed by atoms with Crippen LogP contribution in [0.2, 0.25) is 0 Å². The SMILES string of the molecule is CN1C2CCC1[C@H](OC(=O)N1CCc3ccccc3[C@H]1c1ccc(F)cc1)CC2. The van der Waals surface area contributed by atoms with E-state index in [9.17, 15) is 9.18 Å². The van der Waals surface area contributed by atoms with Gasteiger partial charge in [-0.25, -0.2) is 9.18 Å². The van der Waals surface area contributed by atoms with Gasteiger partial charge in [-0.15, -0.1) is 0 Å². The third-order valence-electron chi connectivity index (χ3n) is 7.06. The highest BCUT2D eigenvalue weighted by atomic mass is 19.1. The minimum Gasteiger partial charge on any atom is -0.444 e. The Hall–Kier alpha value is -2.40. The summed E-state index contributed by atoms with van der Waals surface area (Å²) in [6.45, 7) is 0.605. The molecule has 2 aromatic carbocycles. The highest BCUT2D eigenvalue weighted by molar-refractivity contribution is 5.70. The van der Waals surface area contributed by atoms with Crippen LogP contribution in [0.1, 0.15) is 48.4 Å². The molecule has 4 atom stereocenters. The van der Waals surface area contributed by atoms with Crippen LogP contribution in [0, 0.1) is 5.82 Å². The van der Waals surface area contributed by atoms with Crippen molar-refractivity contribution in [1.29, 1.82) is 0 Å². The predicted molar refractivity (Wildman–Crippen MR) is 109 cm³/mol. The summed E-state index contributed by atoms with van der Waals surface area (Å²) < 4.78 is 19.6. The minimum absolute atomic E-state index is 0.0442. The van der Waals surface area contributed by atoms with Crippen LogP contribution in [0.4, 0.5) is 9.18 Å². The first-order chi connectivity index (χ1) is 14.1. The van der Waals surface area contributed by atoms with Crippen LogP contribution < -0.4 is 0 Å². The maximum absolute atomic E-state index is 13.5. The standard InChI is InChI=1S/C24H27FN2O2/c1-26-19-10-12-21(26)22(13-11-19)29-24(28)27-15-14-16-4-2-3-5-20(16)23(27)17-6-8-18(25)9-7-17/h2-9,19,21-23H,10-15H2,1H3/t19?,21?,22-,23-/m1/s1. The molecule has 0 spiro atoms. The first-order valence-electron chi connectivity index (χ1n) is 10.6. The summed E-state index contributed by atoms with van der Waals surface area (Å²) in [4.78, 5) is 17.5. The van der Waals surface area contributed by atoms with E-state index in [1.807, 2.05) is 17.0 Å². The number of likely N-dealkylation sites (N-methyl/N-ethyl adjacent to an activating group) is 1. The molecule has 2 fully saturated rings. The van der Waals surface area contributed by atoms with Gasteiger partial charge >= 0.3 is 6.09 Å². The van der Waals surface area contributed by atoms with Crippen LogP contribution in [-0.2, 0) is 11.2 Å². The lowest BCUT2D eigenvalue weighted by atomic mass is 9.88. The third kappa shape index (κ3) is 3.31. The van der Waals surface area contributed by atoms with Crippen molar-refractivity contribution in [3.05, 3.63) is 71.0 Å². The number of piperidine rings is 1. The normalized spacial score (nSPS) is 28.8. The second-order valence-corrected chi connectivity index (χ2v) is 8.56. The molecule has 5 rings (SSSR count). The number of carbonyl (C=O) groups is 1. The molecule has 2 unspecified atom stereocenters. The van der Waals surface area contributed by atoms with E-state index in [1.165, 1.54) is 24.1 Å². The van der Waals surface area contributed by atoms with Crippen LogP contribution in [0.5, 0.6) is 0 Å². The maximum atomic E-state index is 13.5. The first-order valence-corrected chi connectivity index (χ1v) is 10.6. The molecule has 152 valence electrons. The van der Waals surface area contributed by atoms with Crippen molar-refractivity contribution in [2.75, 3.05) is 13.6 Å². The van der Waals surface area contributed by atoms with Crippen molar-refractivity contribution in [1.82, 2.24) is 9.80 Å². The van der Waals surface area contributed by atoms with Crippen LogP contribution >= 0.6 is 0 Å².